The molecule has 0 spiro atoms. The second-order valence-corrected chi connectivity index (χ2v) is 8.05. The molecule has 0 radical (unpaired) electrons. The highest BCUT2D eigenvalue weighted by atomic mass is 32.1. The highest BCUT2D eigenvalue weighted by molar-refractivity contribution is 7.18. The number of carbonyl (C=O) groups is 2. The Labute approximate surface area is 147 Å². The standard InChI is InChI=1S/C19H24N2O2S/c1-12-6-8-14(9-7-12)11-20-17(22)16-13(2)10-15(24-16)21-18(23)19(3,4)5/h6-10H,11H2,1-5H3,(H,20,22)(H,21,23). The minimum absolute atomic E-state index is 0.0598. The zero-order valence-corrected chi connectivity index (χ0v) is 15.6. The second-order valence-electron chi connectivity index (χ2n) is 7.00. The Morgan fingerprint density at radius 3 is 2.29 bits per heavy atom. The van der Waals surface area contributed by atoms with E-state index in [0.29, 0.717) is 16.4 Å². The average molecular weight is 344 g/mol. The Morgan fingerprint density at radius 1 is 1.08 bits per heavy atom. The van der Waals surface area contributed by atoms with Gasteiger partial charge in [0.15, 0.2) is 0 Å². The third kappa shape index (κ3) is 4.68. The van der Waals surface area contributed by atoms with E-state index < -0.39 is 5.41 Å². The van der Waals surface area contributed by atoms with Gasteiger partial charge in [0.05, 0.1) is 9.88 Å². The zero-order chi connectivity index (χ0) is 17.9. The molecule has 1 aromatic heterocycles. The summed E-state index contributed by atoms with van der Waals surface area (Å²) < 4.78 is 0. The first-order chi connectivity index (χ1) is 11.2. The van der Waals surface area contributed by atoms with Crippen molar-refractivity contribution in [2.75, 3.05) is 5.32 Å². The number of aryl methyl sites for hydroxylation is 2. The fourth-order valence-corrected chi connectivity index (χ4v) is 3.02. The van der Waals surface area contributed by atoms with Gasteiger partial charge in [0.25, 0.3) is 5.91 Å². The summed E-state index contributed by atoms with van der Waals surface area (Å²) in [6.07, 6.45) is 0. The van der Waals surface area contributed by atoms with E-state index in [1.54, 1.807) is 0 Å². The summed E-state index contributed by atoms with van der Waals surface area (Å²) in [6.45, 7) is 9.98. The van der Waals surface area contributed by atoms with Crippen LogP contribution in [0.1, 0.15) is 47.1 Å². The van der Waals surface area contributed by atoms with Gasteiger partial charge in [-0.05, 0) is 31.0 Å². The summed E-state index contributed by atoms with van der Waals surface area (Å²) in [5, 5.41) is 6.51. The van der Waals surface area contributed by atoms with Crippen LogP contribution in [0.25, 0.3) is 0 Å². The summed E-state index contributed by atoms with van der Waals surface area (Å²) in [6, 6.07) is 9.91. The van der Waals surface area contributed by atoms with Gasteiger partial charge in [-0.2, -0.15) is 0 Å². The topological polar surface area (TPSA) is 58.2 Å². The molecule has 0 aliphatic heterocycles. The molecule has 0 unspecified atom stereocenters. The second kappa shape index (κ2) is 7.18. The molecular weight excluding hydrogens is 320 g/mol. The van der Waals surface area contributed by atoms with Crippen molar-refractivity contribution in [3.8, 4) is 0 Å². The quantitative estimate of drug-likeness (QED) is 0.870. The van der Waals surface area contributed by atoms with Crippen LogP contribution in [0.2, 0.25) is 0 Å². The zero-order valence-electron chi connectivity index (χ0n) is 14.8. The molecule has 1 heterocycles. The first-order valence-electron chi connectivity index (χ1n) is 7.92. The van der Waals surface area contributed by atoms with E-state index in [0.717, 1.165) is 11.1 Å². The summed E-state index contributed by atoms with van der Waals surface area (Å²) in [4.78, 5) is 25.1. The van der Waals surface area contributed by atoms with Gasteiger partial charge >= 0.3 is 0 Å². The number of benzene rings is 1. The Morgan fingerprint density at radius 2 is 1.71 bits per heavy atom. The van der Waals surface area contributed by atoms with Gasteiger partial charge < -0.3 is 10.6 Å². The van der Waals surface area contributed by atoms with Gasteiger partial charge in [0.2, 0.25) is 5.91 Å². The lowest BCUT2D eigenvalue weighted by Crippen LogP contribution is -2.27. The molecular formula is C19H24N2O2S. The van der Waals surface area contributed by atoms with Crippen LogP contribution in [-0.2, 0) is 11.3 Å². The van der Waals surface area contributed by atoms with E-state index in [1.807, 2.05) is 65.0 Å². The first kappa shape index (κ1) is 18.2. The summed E-state index contributed by atoms with van der Waals surface area (Å²) in [7, 11) is 0. The molecule has 0 aliphatic rings. The molecule has 0 aliphatic carbocycles. The van der Waals surface area contributed by atoms with Crippen LogP contribution < -0.4 is 10.6 Å². The molecule has 0 atom stereocenters. The average Bonchev–Trinajstić information content (AvgIpc) is 2.86. The van der Waals surface area contributed by atoms with Crippen molar-refractivity contribution in [2.45, 2.75) is 41.2 Å². The predicted molar refractivity (Wildman–Crippen MR) is 99.5 cm³/mol. The summed E-state index contributed by atoms with van der Waals surface area (Å²) >= 11 is 1.31. The maximum atomic E-state index is 12.4. The van der Waals surface area contributed by atoms with E-state index >= 15 is 0 Å². The number of anilines is 1. The summed E-state index contributed by atoms with van der Waals surface area (Å²) in [5.41, 5.74) is 2.65. The molecule has 2 aromatic rings. The van der Waals surface area contributed by atoms with Crippen LogP contribution in [0.5, 0.6) is 0 Å². The van der Waals surface area contributed by atoms with Crippen LogP contribution in [0.3, 0.4) is 0 Å². The Bertz CT molecular complexity index is 740. The van der Waals surface area contributed by atoms with Crippen molar-refractivity contribution >= 4 is 28.2 Å². The van der Waals surface area contributed by atoms with Crippen LogP contribution in [-0.4, -0.2) is 11.8 Å². The first-order valence-corrected chi connectivity index (χ1v) is 8.74. The Kier molecular flexibility index (Phi) is 5.44. The monoisotopic (exact) mass is 344 g/mol. The maximum absolute atomic E-state index is 12.4. The number of thiophene rings is 1. The minimum Gasteiger partial charge on any atom is -0.347 e. The molecule has 0 fully saturated rings. The third-order valence-electron chi connectivity index (χ3n) is 3.62. The van der Waals surface area contributed by atoms with Crippen LogP contribution in [0, 0.1) is 19.3 Å². The predicted octanol–water partition coefficient (Wildman–Crippen LogP) is 4.28. The molecule has 1 aromatic carbocycles. The molecule has 0 saturated carbocycles. The van der Waals surface area contributed by atoms with E-state index in [1.165, 1.54) is 16.9 Å². The molecule has 128 valence electrons. The smallest absolute Gasteiger partial charge is 0.261 e. The molecule has 4 nitrogen and oxygen atoms in total. The largest absolute Gasteiger partial charge is 0.347 e. The van der Waals surface area contributed by atoms with E-state index in [-0.39, 0.29) is 11.8 Å². The van der Waals surface area contributed by atoms with Crippen molar-refractivity contribution in [1.29, 1.82) is 0 Å². The van der Waals surface area contributed by atoms with Crippen LogP contribution in [0.15, 0.2) is 30.3 Å². The van der Waals surface area contributed by atoms with Gasteiger partial charge in [-0.15, -0.1) is 11.3 Å². The van der Waals surface area contributed by atoms with Gasteiger partial charge in [-0.1, -0.05) is 50.6 Å². The van der Waals surface area contributed by atoms with E-state index in [9.17, 15) is 9.59 Å². The van der Waals surface area contributed by atoms with Gasteiger partial charge in [-0.3, -0.25) is 9.59 Å². The molecule has 2 rings (SSSR count). The lowest BCUT2D eigenvalue weighted by Gasteiger charge is -2.16. The highest BCUT2D eigenvalue weighted by Gasteiger charge is 2.23. The van der Waals surface area contributed by atoms with Crippen molar-refractivity contribution < 1.29 is 9.59 Å². The maximum Gasteiger partial charge on any atom is 0.261 e. The number of hydrogen-bond donors (Lipinski definition) is 2. The minimum atomic E-state index is -0.467. The number of carbonyl (C=O) groups excluding carboxylic acids is 2. The Balaban J connectivity index is 2.02. The van der Waals surface area contributed by atoms with Gasteiger partial charge in [-0.25, -0.2) is 0 Å². The molecule has 24 heavy (non-hydrogen) atoms. The number of rotatable bonds is 4. The normalized spacial score (nSPS) is 11.2. The van der Waals surface area contributed by atoms with Gasteiger partial charge in [0, 0.05) is 12.0 Å². The van der Waals surface area contributed by atoms with Gasteiger partial charge in [0.1, 0.15) is 0 Å². The Hall–Kier alpha value is -2.14. The van der Waals surface area contributed by atoms with Crippen molar-refractivity contribution in [3.63, 3.8) is 0 Å². The van der Waals surface area contributed by atoms with E-state index in [4.69, 9.17) is 0 Å². The highest BCUT2D eigenvalue weighted by Crippen LogP contribution is 2.28. The SMILES string of the molecule is Cc1ccc(CNC(=O)c2sc(NC(=O)C(C)(C)C)cc2C)cc1. The molecule has 0 saturated heterocycles. The van der Waals surface area contributed by atoms with E-state index in [2.05, 4.69) is 10.6 Å². The lowest BCUT2D eigenvalue weighted by atomic mass is 9.96. The third-order valence-corrected chi connectivity index (χ3v) is 4.77. The van der Waals surface area contributed by atoms with Crippen molar-refractivity contribution in [1.82, 2.24) is 5.32 Å². The molecule has 2 amide bonds. The van der Waals surface area contributed by atoms with Crippen LogP contribution >= 0.6 is 11.3 Å². The molecule has 5 heteroatoms. The van der Waals surface area contributed by atoms with Crippen LogP contribution in [0.4, 0.5) is 5.00 Å². The fourth-order valence-electron chi connectivity index (χ4n) is 2.04. The molecule has 2 N–H and O–H groups in total. The number of amides is 2. The molecule has 0 bridgehead atoms. The van der Waals surface area contributed by atoms with Crippen molar-refractivity contribution in [3.05, 3.63) is 51.9 Å². The number of nitrogens with one attached hydrogen (secondary N) is 2. The fraction of sp³-hybridized carbons (Fsp3) is 0.368. The lowest BCUT2D eigenvalue weighted by molar-refractivity contribution is -0.123. The summed E-state index contributed by atoms with van der Waals surface area (Å²) in [5.74, 6) is -0.176. The van der Waals surface area contributed by atoms with Crippen molar-refractivity contribution in [2.24, 2.45) is 5.41 Å². The number of hydrogen-bond acceptors (Lipinski definition) is 3.